The zero-order chi connectivity index (χ0) is 19.9. The standard InChI is InChI=1S/C21H25N3O3S/c1-21(16-4-3-5-17(12-16)23-28(2,26)27)18-13-24(14-19(18)21)20(25)7-6-15-8-10-22-11-9-15/h3-5,8-12,18-19,23H,6-7,13-14H2,1-2H3. The van der Waals surface area contributed by atoms with Crippen molar-refractivity contribution in [3.63, 3.8) is 0 Å². The molecule has 1 aromatic carbocycles. The number of amides is 1. The lowest BCUT2D eigenvalue weighted by Crippen LogP contribution is -2.34. The first kappa shape index (κ1) is 18.9. The highest BCUT2D eigenvalue weighted by Gasteiger charge is 2.66. The minimum absolute atomic E-state index is 0.0110. The molecule has 2 aliphatic rings. The van der Waals surface area contributed by atoms with Crippen LogP contribution < -0.4 is 4.72 Å². The number of benzene rings is 1. The van der Waals surface area contributed by atoms with Crippen LogP contribution in [0.15, 0.2) is 48.8 Å². The quantitative estimate of drug-likeness (QED) is 0.809. The molecule has 2 unspecified atom stereocenters. The van der Waals surface area contributed by atoms with Gasteiger partial charge in [-0.05, 0) is 53.6 Å². The third-order valence-corrected chi connectivity index (χ3v) is 6.88. The van der Waals surface area contributed by atoms with Crippen molar-refractivity contribution < 1.29 is 13.2 Å². The van der Waals surface area contributed by atoms with Crippen molar-refractivity contribution in [1.29, 1.82) is 0 Å². The summed E-state index contributed by atoms with van der Waals surface area (Å²) in [5, 5.41) is 0. The van der Waals surface area contributed by atoms with E-state index in [0.29, 0.717) is 23.9 Å². The summed E-state index contributed by atoms with van der Waals surface area (Å²) in [5.74, 6) is 1.08. The highest BCUT2D eigenvalue weighted by molar-refractivity contribution is 7.92. The lowest BCUT2D eigenvalue weighted by atomic mass is 9.92. The van der Waals surface area contributed by atoms with Crippen LogP contribution in [0.1, 0.15) is 24.5 Å². The molecule has 1 aromatic heterocycles. The topological polar surface area (TPSA) is 79.4 Å². The van der Waals surface area contributed by atoms with E-state index in [9.17, 15) is 13.2 Å². The Labute approximate surface area is 166 Å². The first-order valence-electron chi connectivity index (χ1n) is 9.52. The second-order valence-corrected chi connectivity index (χ2v) is 9.85. The minimum Gasteiger partial charge on any atom is -0.342 e. The molecule has 1 saturated heterocycles. The zero-order valence-corrected chi connectivity index (χ0v) is 16.9. The summed E-state index contributed by atoms with van der Waals surface area (Å²) in [6, 6.07) is 11.5. The Hall–Kier alpha value is -2.41. The maximum absolute atomic E-state index is 12.6. The summed E-state index contributed by atoms with van der Waals surface area (Å²) in [6.07, 6.45) is 5.92. The Kier molecular flexibility index (Phi) is 4.65. The van der Waals surface area contributed by atoms with Gasteiger partial charge in [-0.15, -0.1) is 0 Å². The van der Waals surface area contributed by atoms with E-state index in [4.69, 9.17) is 0 Å². The van der Waals surface area contributed by atoms with Gasteiger partial charge in [0.25, 0.3) is 0 Å². The molecule has 2 aromatic rings. The molecular weight excluding hydrogens is 374 g/mol. The minimum atomic E-state index is -3.29. The highest BCUT2D eigenvalue weighted by atomic mass is 32.2. The zero-order valence-electron chi connectivity index (χ0n) is 16.1. The molecule has 1 amide bonds. The normalized spacial score (nSPS) is 26.0. The van der Waals surface area contributed by atoms with Crippen LogP contribution in [-0.2, 0) is 26.7 Å². The van der Waals surface area contributed by atoms with Crippen LogP contribution in [0.5, 0.6) is 0 Å². The summed E-state index contributed by atoms with van der Waals surface area (Å²) < 4.78 is 25.5. The van der Waals surface area contributed by atoms with Gasteiger partial charge < -0.3 is 4.90 Å². The molecule has 4 rings (SSSR count). The largest absolute Gasteiger partial charge is 0.342 e. The molecular formula is C21H25N3O3S. The fourth-order valence-electron chi connectivity index (χ4n) is 4.60. The summed E-state index contributed by atoms with van der Waals surface area (Å²) in [5.41, 5.74) is 2.88. The maximum atomic E-state index is 12.6. The second-order valence-electron chi connectivity index (χ2n) is 8.10. The van der Waals surface area contributed by atoms with Crippen molar-refractivity contribution in [2.24, 2.45) is 11.8 Å². The van der Waals surface area contributed by atoms with E-state index in [-0.39, 0.29) is 11.3 Å². The van der Waals surface area contributed by atoms with Crippen LogP contribution in [0, 0.1) is 11.8 Å². The number of carbonyl (C=O) groups is 1. The summed E-state index contributed by atoms with van der Waals surface area (Å²) in [4.78, 5) is 18.6. The number of hydrogen-bond acceptors (Lipinski definition) is 4. The second kappa shape index (κ2) is 6.88. The molecule has 148 valence electrons. The lowest BCUT2D eigenvalue weighted by Gasteiger charge is -2.25. The van der Waals surface area contributed by atoms with E-state index < -0.39 is 10.0 Å². The molecule has 0 radical (unpaired) electrons. The predicted octanol–water partition coefficient (Wildman–Crippen LogP) is 2.43. The number of rotatable bonds is 6. The Balaban J connectivity index is 1.37. The van der Waals surface area contributed by atoms with E-state index in [1.54, 1.807) is 18.5 Å². The van der Waals surface area contributed by atoms with Gasteiger partial charge in [-0.3, -0.25) is 14.5 Å². The van der Waals surface area contributed by atoms with Gasteiger partial charge in [0.05, 0.1) is 6.26 Å². The molecule has 0 bridgehead atoms. The summed E-state index contributed by atoms with van der Waals surface area (Å²) >= 11 is 0. The number of pyridine rings is 1. The van der Waals surface area contributed by atoms with E-state index in [2.05, 4.69) is 22.7 Å². The molecule has 2 fully saturated rings. The number of piperidine rings is 1. The van der Waals surface area contributed by atoms with Gasteiger partial charge in [0.15, 0.2) is 0 Å². The molecule has 1 aliphatic heterocycles. The van der Waals surface area contributed by atoms with Crippen molar-refractivity contribution in [3.05, 3.63) is 59.9 Å². The smallest absolute Gasteiger partial charge is 0.229 e. The van der Waals surface area contributed by atoms with Crippen molar-refractivity contribution in [2.75, 3.05) is 24.1 Å². The fourth-order valence-corrected chi connectivity index (χ4v) is 5.16. The van der Waals surface area contributed by atoms with Crippen LogP contribution in [0.3, 0.4) is 0 Å². The number of likely N-dealkylation sites (tertiary alicyclic amines) is 1. The van der Waals surface area contributed by atoms with E-state index >= 15 is 0 Å². The summed E-state index contributed by atoms with van der Waals surface area (Å²) in [6.45, 7) is 3.78. The average Bonchev–Trinajstić information content (AvgIpc) is 3.02. The van der Waals surface area contributed by atoms with Gasteiger partial charge in [-0.25, -0.2) is 8.42 Å². The first-order valence-corrected chi connectivity index (χ1v) is 11.4. The van der Waals surface area contributed by atoms with Crippen LogP contribution in [0.2, 0.25) is 0 Å². The third kappa shape index (κ3) is 3.63. The highest BCUT2D eigenvalue weighted by Crippen LogP contribution is 2.63. The van der Waals surface area contributed by atoms with Crippen molar-refractivity contribution in [1.82, 2.24) is 9.88 Å². The third-order valence-electron chi connectivity index (χ3n) is 6.27. The van der Waals surface area contributed by atoms with Gasteiger partial charge in [-0.2, -0.15) is 0 Å². The van der Waals surface area contributed by atoms with Crippen LogP contribution >= 0.6 is 0 Å². The average molecular weight is 400 g/mol. The van der Waals surface area contributed by atoms with Gasteiger partial charge in [0.1, 0.15) is 0 Å². The molecule has 0 spiro atoms. The Morgan fingerprint density at radius 2 is 1.89 bits per heavy atom. The van der Waals surface area contributed by atoms with E-state index in [1.807, 2.05) is 29.2 Å². The molecule has 2 atom stereocenters. The number of aromatic nitrogens is 1. The molecule has 1 saturated carbocycles. The molecule has 2 heterocycles. The number of nitrogens with zero attached hydrogens (tertiary/aromatic N) is 2. The predicted molar refractivity (Wildman–Crippen MR) is 108 cm³/mol. The Bertz CT molecular complexity index is 979. The van der Waals surface area contributed by atoms with Crippen molar-refractivity contribution in [2.45, 2.75) is 25.2 Å². The Morgan fingerprint density at radius 1 is 1.21 bits per heavy atom. The molecule has 28 heavy (non-hydrogen) atoms. The fraction of sp³-hybridized carbons (Fsp3) is 0.429. The van der Waals surface area contributed by atoms with Crippen LogP contribution in [0.25, 0.3) is 0 Å². The van der Waals surface area contributed by atoms with Gasteiger partial charge >= 0.3 is 0 Å². The monoisotopic (exact) mass is 399 g/mol. The number of sulfonamides is 1. The number of carbonyl (C=O) groups excluding carboxylic acids is 1. The maximum Gasteiger partial charge on any atom is 0.229 e. The van der Waals surface area contributed by atoms with Crippen molar-refractivity contribution >= 4 is 21.6 Å². The number of nitrogens with one attached hydrogen (secondary N) is 1. The first-order chi connectivity index (χ1) is 13.3. The van der Waals surface area contributed by atoms with E-state index in [0.717, 1.165) is 36.9 Å². The summed E-state index contributed by atoms with van der Waals surface area (Å²) in [7, 11) is -3.29. The Morgan fingerprint density at radius 3 is 2.54 bits per heavy atom. The molecule has 1 aliphatic carbocycles. The van der Waals surface area contributed by atoms with Crippen LogP contribution in [0.4, 0.5) is 5.69 Å². The number of anilines is 1. The number of aryl methyl sites for hydroxylation is 1. The number of fused-ring (bicyclic) bond motifs is 1. The van der Waals surface area contributed by atoms with E-state index in [1.165, 1.54) is 0 Å². The molecule has 1 N–H and O–H groups in total. The van der Waals surface area contributed by atoms with Crippen molar-refractivity contribution in [3.8, 4) is 0 Å². The van der Waals surface area contributed by atoms with Gasteiger partial charge in [0.2, 0.25) is 15.9 Å². The number of hydrogen-bond donors (Lipinski definition) is 1. The van der Waals surface area contributed by atoms with Gasteiger partial charge in [-0.1, -0.05) is 19.1 Å². The van der Waals surface area contributed by atoms with Gasteiger partial charge in [0, 0.05) is 43.0 Å². The lowest BCUT2D eigenvalue weighted by molar-refractivity contribution is -0.130. The molecule has 7 heteroatoms. The van der Waals surface area contributed by atoms with Crippen LogP contribution in [-0.4, -0.2) is 43.6 Å². The SMILES string of the molecule is CC1(c2cccc(NS(C)(=O)=O)c2)C2CN(C(=O)CCc3ccncc3)CC21. The molecule has 6 nitrogen and oxygen atoms in total.